The van der Waals surface area contributed by atoms with Crippen molar-refractivity contribution in [2.45, 2.75) is 11.6 Å². The first-order chi connectivity index (χ1) is 14.2. The quantitative estimate of drug-likeness (QED) is 0.545. The van der Waals surface area contributed by atoms with Gasteiger partial charge in [-0.3, -0.25) is 4.79 Å². The Balaban J connectivity index is 1.25. The average molecular weight is 429 g/mol. The van der Waals surface area contributed by atoms with Crippen molar-refractivity contribution in [3.05, 3.63) is 65.2 Å². The molecule has 0 fully saturated rings. The van der Waals surface area contributed by atoms with Crippen LogP contribution in [0, 0.1) is 0 Å². The monoisotopic (exact) mass is 428 g/mol. The number of halogens is 1. The van der Waals surface area contributed by atoms with Gasteiger partial charge in [0.05, 0.1) is 5.75 Å². The van der Waals surface area contributed by atoms with Crippen LogP contribution >= 0.6 is 23.4 Å². The molecule has 0 saturated heterocycles. The molecule has 2 aromatic carbocycles. The molecule has 0 unspecified atom stereocenters. The lowest BCUT2D eigenvalue weighted by Crippen LogP contribution is -2.14. The average Bonchev–Trinajstić information content (AvgIpc) is 3.19. The van der Waals surface area contributed by atoms with Crippen molar-refractivity contribution < 1.29 is 14.3 Å². The third-order valence-corrected chi connectivity index (χ3v) is 5.17. The standard InChI is InChI=1S/C20H17ClN4O3S/c21-14-2-1-3-15(9-14)23-19(26)11-29-20-7-6-18(24-25-20)22-10-13-4-5-16-17(8-13)28-12-27-16/h1-9H,10-12H2,(H,22,24)(H,23,26). The highest BCUT2D eigenvalue weighted by atomic mass is 35.5. The van der Waals surface area contributed by atoms with E-state index in [1.54, 1.807) is 24.3 Å². The fourth-order valence-corrected chi connectivity index (χ4v) is 3.44. The molecular weight excluding hydrogens is 412 g/mol. The summed E-state index contributed by atoms with van der Waals surface area (Å²) in [7, 11) is 0. The van der Waals surface area contributed by atoms with E-state index in [1.165, 1.54) is 11.8 Å². The summed E-state index contributed by atoms with van der Waals surface area (Å²) in [4.78, 5) is 12.0. The number of amides is 1. The van der Waals surface area contributed by atoms with Crippen molar-refractivity contribution in [2.24, 2.45) is 0 Å². The molecule has 0 saturated carbocycles. The summed E-state index contributed by atoms with van der Waals surface area (Å²) in [5.74, 6) is 2.25. The third-order valence-electron chi connectivity index (χ3n) is 4.01. The molecule has 0 bridgehead atoms. The van der Waals surface area contributed by atoms with Gasteiger partial charge in [-0.1, -0.05) is 35.5 Å². The van der Waals surface area contributed by atoms with E-state index in [4.69, 9.17) is 21.1 Å². The van der Waals surface area contributed by atoms with Gasteiger partial charge in [0.15, 0.2) is 11.5 Å². The SMILES string of the molecule is O=C(CSc1ccc(NCc2ccc3c(c2)OCO3)nn1)Nc1cccc(Cl)c1. The number of benzene rings is 2. The van der Waals surface area contributed by atoms with E-state index in [1.807, 2.05) is 30.3 Å². The van der Waals surface area contributed by atoms with Gasteiger partial charge < -0.3 is 20.1 Å². The maximum Gasteiger partial charge on any atom is 0.234 e. The van der Waals surface area contributed by atoms with Gasteiger partial charge in [0.2, 0.25) is 12.7 Å². The van der Waals surface area contributed by atoms with Gasteiger partial charge >= 0.3 is 0 Å². The highest BCUT2D eigenvalue weighted by Gasteiger charge is 2.13. The van der Waals surface area contributed by atoms with Crippen LogP contribution in [0.5, 0.6) is 11.5 Å². The lowest BCUT2D eigenvalue weighted by molar-refractivity contribution is -0.113. The molecule has 1 aromatic heterocycles. The highest BCUT2D eigenvalue weighted by molar-refractivity contribution is 7.99. The minimum Gasteiger partial charge on any atom is -0.454 e. The summed E-state index contributed by atoms with van der Waals surface area (Å²) in [5, 5.41) is 15.5. The van der Waals surface area contributed by atoms with E-state index in [9.17, 15) is 4.79 Å². The Kier molecular flexibility index (Phi) is 6.02. The number of thioether (sulfide) groups is 1. The van der Waals surface area contributed by atoms with E-state index < -0.39 is 0 Å². The summed E-state index contributed by atoms with van der Waals surface area (Å²) >= 11 is 7.22. The maximum atomic E-state index is 12.0. The molecule has 1 aliphatic heterocycles. The van der Waals surface area contributed by atoms with Gasteiger partial charge in [-0.15, -0.1) is 10.2 Å². The second-order valence-electron chi connectivity index (χ2n) is 6.15. The molecule has 9 heteroatoms. The van der Waals surface area contributed by atoms with Crippen molar-refractivity contribution in [1.82, 2.24) is 10.2 Å². The number of hydrogen-bond donors (Lipinski definition) is 2. The molecule has 148 valence electrons. The number of aromatic nitrogens is 2. The topological polar surface area (TPSA) is 85.4 Å². The lowest BCUT2D eigenvalue weighted by atomic mass is 10.2. The molecular formula is C20H17ClN4O3S. The van der Waals surface area contributed by atoms with Gasteiger partial charge in [0, 0.05) is 17.3 Å². The third kappa shape index (κ3) is 5.30. The first-order valence-corrected chi connectivity index (χ1v) is 10.2. The molecule has 0 radical (unpaired) electrons. The van der Waals surface area contributed by atoms with Crippen LogP contribution in [0.25, 0.3) is 0 Å². The van der Waals surface area contributed by atoms with Crippen LogP contribution in [0.4, 0.5) is 11.5 Å². The minimum atomic E-state index is -0.135. The van der Waals surface area contributed by atoms with Crippen molar-refractivity contribution in [3.8, 4) is 11.5 Å². The van der Waals surface area contributed by atoms with Crippen LogP contribution in [0.1, 0.15) is 5.56 Å². The molecule has 4 rings (SSSR count). The molecule has 1 amide bonds. The fraction of sp³-hybridized carbons (Fsp3) is 0.150. The first kappa shape index (κ1) is 19.4. The molecule has 2 N–H and O–H groups in total. The summed E-state index contributed by atoms with van der Waals surface area (Å²) < 4.78 is 10.7. The first-order valence-electron chi connectivity index (χ1n) is 8.80. The molecule has 2 heterocycles. The Hall–Kier alpha value is -2.97. The Morgan fingerprint density at radius 3 is 2.79 bits per heavy atom. The van der Waals surface area contributed by atoms with Crippen molar-refractivity contribution in [1.29, 1.82) is 0 Å². The summed E-state index contributed by atoms with van der Waals surface area (Å²) in [6.45, 7) is 0.841. The van der Waals surface area contributed by atoms with Crippen LogP contribution < -0.4 is 20.1 Å². The molecule has 0 atom stereocenters. The van der Waals surface area contributed by atoms with Gasteiger partial charge in [-0.05, 0) is 48.0 Å². The molecule has 0 aliphatic carbocycles. The molecule has 1 aliphatic rings. The number of hydrogen-bond acceptors (Lipinski definition) is 7. The van der Waals surface area contributed by atoms with Crippen molar-refractivity contribution >= 4 is 40.8 Å². The van der Waals surface area contributed by atoms with Gasteiger partial charge in [0.25, 0.3) is 0 Å². The summed E-state index contributed by atoms with van der Waals surface area (Å²) in [6.07, 6.45) is 0. The Morgan fingerprint density at radius 1 is 1.07 bits per heavy atom. The summed E-state index contributed by atoms with van der Waals surface area (Å²) in [5.41, 5.74) is 1.71. The number of carbonyl (C=O) groups excluding carboxylic acids is 1. The fourth-order valence-electron chi connectivity index (χ4n) is 2.64. The zero-order valence-corrected chi connectivity index (χ0v) is 16.8. The zero-order chi connectivity index (χ0) is 20.1. The number of rotatable bonds is 7. The number of fused-ring (bicyclic) bond motifs is 1. The van der Waals surface area contributed by atoms with Crippen molar-refractivity contribution in [3.63, 3.8) is 0 Å². The number of ether oxygens (including phenoxy) is 2. The Bertz CT molecular complexity index is 1020. The molecule has 0 spiro atoms. The van der Waals surface area contributed by atoms with E-state index in [0.29, 0.717) is 28.1 Å². The second kappa shape index (κ2) is 9.02. The molecule has 3 aromatic rings. The number of nitrogens with zero attached hydrogens (tertiary/aromatic N) is 2. The van der Waals surface area contributed by atoms with Gasteiger partial charge in [0.1, 0.15) is 10.8 Å². The smallest absolute Gasteiger partial charge is 0.234 e. The zero-order valence-electron chi connectivity index (χ0n) is 15.2. The second-order valence-corrected chi connectivity index (χ2v) is 7.58. The predicted molar refractivity (Wildman–Crippen MR) is 113 cm³/mol. The van der Waals surface area contributed by atoms with E-state index >= 15 is 0 Å². The van der Waals surface area contributed by atoms with Crippen LogP contribution in [0.3, 0.4) is 0 Å². The van der Waals surface area contributed by atoms with E-state index in [-0.39, 0.29) is 18.5 Å². The maximum absolute atomic E-state index is 12.0. The predicted octanol–water partition coefficient (Wildman–Crippen LogP) is 4.20. The normalized spacial score (nSPS) is 11.9. The van der Waals surface area contributed by atoms with Gasteiger partial charge in [-0.2, -0.15) is 0 Å². The largest absolute Gasteiger partial charge is 0.454 e. The number of nitrogens with one attached hydrogen (secondary N) is 2. The van der Waals surface area contributed by atoms with E-state index in [2.05, 4.69) is 20.8 Å². The Morgan fingerprint density at radius 2 is 1.97 bits per heavy atom. The molecule has 29 heavy (non-hydrogen) atoms. The van der Waals surface area contributed by atoms with Crippen molar-refractivity contribution in [2.75, 3.05) is 23.2 Å². The minimum absolute atomic E-state index is 0.135. The van der Waals surface area contributed by atoms with Crippen LogP contribution in [0.15, 0.2) is 59.6 Å². The van der Waals surface area contributed by atoms with Crippen LogP contribution in [-0.2, 0) is 11.3 Å². The number of carbonyl (C=O) groups is 1. The molecule has 7 nitrogen and oxygen atoms in total. The van der Waals surface area contributed by atoms with Crippen LogP contribution in [0.2, 0.25) is 5.02 Å². The summed E-state index contributed by atoms with van der Waals surface area (Å²) in [6, 6.07) is 16.5. The Labute approximate surface area is 176 Å². The lowest BCUT2D eigenvalue weighted by Gasteiger charge is -2.07. The van der Waals surface area contributed by atoms with Crippen LogP contribution in [-0.4, -0.2) is 28.7 Å². The van der Waals surface area contributed by atoms with E-state index in [0.717, 1.165) is 17.1 Å². The number of anilines is 2. The highest BCUT2D eigenvalue weighted by Crippen LogP contribution is 2.32. The van der Waals surface area contributed by atoms with Gasteiger partial charge in [-0.25, -0.2) is 0 Å².